The van der Waals surface area contributed by atoms with Gasteiger partial charge in [-0.25, -0.2) is 13.2 Å². The van der Waals surface area contributed by atoms with Crippen LogP contribution >= 0.6 is 0 Å². The molecule has 1 amide bonds. The lowest BCUT2D eigenvalue weighted by Crippen LogP contribution is -2.35. The van der Waals surface area contributed by atoms with Gasteiger partial charge in [0.05, 0.1) is 10.5 Å². The number of carbonyl (C=O) groups is 2. The fraction of sp³-hybridized carbons (Fsp3) is 0.364. The van der Waals surface area contributed by atoms with Crippen LogP contribution in [0.25, 0.3) is 0 Å². The van der Waals surface area contributed by atoms with Gasteiger partial charge >= 0.3 is 5.97 Å². The lowest BCUT2D eigenvalue weighted by Gasteiger charge is -2.25. The summed E-state index contributed by atoms with van der Waals surface area (Å²) in [6.07, 6.45) is 1.65. The van der Waals surface area contributed by atoms with Crippen molar-refractivity contribution in [1.82, 2.24) is 4.31 Å². The van der Waals surface area contributed by atoms with Gasteiger partial charge in [-0.15, -0.1) is 0 Å². The van der Waals surface area contributed by atoms with E-state index in [4.69, 9.17) is 14.2 Å². The van der Waals surface area contributed by atoms with Gasteiger partial charge in [0.2, 0.25) is 16.8 Å². The first kappa shape index (κ1) is 22.1. The highest BCUT2D eigenvalue weighted by molar-refractivity contribution is 7.89. The van der Waals surface area contributed by atoms with Gasteiger partial charge in [-0.3, -0.25) is 4.79 Å². The second-order valence-corrected chi connectivity index (χ2v) is 9.53. The van der Waals surface area contributed by atoms with Crippen molar-refractivity contribution in [2.75, 3.05) is 25.2 Å². The van der Waals surface area contributed by atoms with Crippen molar-refractivity contribution in [1.29, 1.82) is 0 Å². The molecule has 2 aromatic carbocycles. The number of sulfonamides is 1. The number of nitrogens with one attached hydrogen (secondary N) is 1. The van der Waals surface area contributed by atoms with Gasteiger partial charge in [-0.1, -0.05) is 6.42 Å². The van der Waals surface area contributed by atoms with Crippen molar-refractivity contribution in [2.45, 2.75) is 37.2 Å². The Bertz CT molecular complexity index is 1110. The van der Waals surface area contributed by atoms with E-state index < -0.39 is 28.0 Å². The molecule has 1 N–H and O–H groups in total. The van der Waals surface area contributed by atoms with Gasteiger partial charge in [0.1, 0.15) is 0 Å². The molecule has 9 nitrogen and oxygen atoms in total. The second-order valence-electron chi connectivity index (χ2n) is 7.59. The van der Waals surface area contributed by atoms with Crippen LogP contribution in [0.1, 0.15) is 36.5 Å². The molecule has 0 radical (unpaired) electrons. The van der Waals surface area contributed by atoms with E-state index in [2.05, 4.69) is 5.32 Å². The first-order valence-corrected chi connectivity index (χ1v) is 11.8. The van der Waals surface area contributed by atoms with Gasteiger partial charge < -0.3 is 19.5 Å². The molecule has 2 aliphatic rings. The molecule has 0 aliphatic carbocycles. The van der Waals surface area contributed by atoms with Crippen molar-refractivity contribution < 1.29 is 32.2 Å². The second kappa shape index (κ2) is 9.17. The summed E-state index contributed by atoms with van der Waals surface area (Å²) in [5, 5.41) is 2.66. The van der Waals surface area contributed by atoms with E-state index in [9.17, 15) is 18.0 Å². The quantitative estimate of drug-likeness (QED) is 0.660. The molecule has 0 saturated carbocycles. The Morgan fingerprint density at radius 3 is 2.41 bits per heavy atom. The van der Waals surface area contributed by atoms with Crippen LogP contribution in [0.15, 0.2) is 47.4 Å². The lowest BCUT2D eigenvalue weighted by molar-refractivity contribution is -0.123. The van der Waals surface area contributed by atoms with Crippen LogP contribution in [-0.4, -0.2) is 50.6 Å². The molecular formula is C22H24N2O7S. The maximum atomic E-state index is 12.7. The average Bonchev–Trinajstić information content (AvgIpc) is 3.27. The highest BCUT2D eigenvalue weighted by atomic mass is 32.2. The minimum absolute atomic E-state index is 0.124. The number of esters is 1. The molecular weight excluding hydrogens is 436 g/mol. The van der Waals surface area contributed by atoms with E-state index in [1.54, 1.807) is 18.2 Å². The Kier molecular flexibility index (Phi) is 6.33. The number of fused-ring (bicyclic) bond motifs is 1. The molecule has 10 heteroatoms. The molecule has 1 fully saturated rings. The summed E-state index contributed by atoms with van der Waals surface area (Å²) >= 11 is 0. The SMILES string of the molecule is C[C@@H](OC(=O)c1ccc(S(=O)(=O)N2CCCCC2)cc1)C(=O)Nc1ccc2c(c1)OCO2. The highest BCUT2D eigenvalue weighted by Crippen LogP contribution is 2.34. The third-order valence-electron chi connectivity index (χ3n) is 5.34. The third-order valence-corrected chi connectivity index (χ3v) is 7.25. The smallest absolute Gasteiger partial charge is 0.338 e. The van der Waals surface area contributed by atoms with E-state index in [1.807, 2.05) is 0 Å². The summed E-state index contributed by atoms with van der Waals surface area (Å²) in [5.41, 5.74) is 0.639. The summed E-state index contributed by atoms with van der Waals surface area (Å²) in [5.74, 6) is -0.123. The van der Waals surface area contributed by atoms with Crippen molar-refractivity contribution in [3.8, 4) is 11.5 Å². The molecule has 4 rings (SSSR count). The Morgan fingerprint density at radius 2 is 1.69 bits per heavy atom. The third kappa shape index (κ3) is 4.71. The summed E-state index contributed by atoms with van der Waals surface area (Å²) in [7, 11) is -3.58. The highest BCUT2D eigenvalue weighted by Gasteiger charge is 2.26. The number of piperidine rings is 1. The number of rotatable bonds is 6. The Balaban J connectivity index is 1.36. The van der Waals surface area contributed by atoms with Crippen LogP contribution in [0.2, 0.25) is 0 Å². The molecule has 0 spiro atoms. The first-order valence-electron chi connectivity index (χ1n) is 10.4. The lowest BCUT2D eigenvalue weighted by atomic mass is 10.2. The van der Waals surface area contributed by atoms with Crippen LogP contribution in [0, 0.1) is 0 Å². The largest absolute Gasteiger partial charge is 0.454 e. The summed E-state index contributed by atoms with van der Waals surface area (Å²) < 4.78 is 42.6. The maximum absolute atomic E-state index is 12.7. The number of anilines is 1. The van der Waals surface area contributed by atoms with Crippen LogP contribution in [0.4, 0.5) is 5.69 Å². The van der Waals surface area contributed by atoms with Gasteiger partial charge in [0.25, 0.3) is 5.91 Å². The predicted molar refractivity (Wildman–Crippen MR) is 115 cm³/mol. The summed E-state index contributed by atoms with van der Waals surface area (Å²) in [6, 6.07) is 10.5. The van der Waals surface area contributed by atoms with E-state index in [0.29, 0.717) is 30.3 Å². The number of hydrogen-bond donors (Lipinski definition) is 1. The topological polar surface area (TPSA) is 111 Å². The van der Waals surface area contributed by atoms with Gasteiger partial charge in [0.15, 0.2) is 17.6 Å². The summed E-state index contributed by atoms with van der Waals surface area (Å²) in [6.45, 7) is 2.58. The zero-order chi connectivity index (χ0) is 22.7. The van der Waals surface area contributed by atoms with Crippen LogP contribution in [0.5, 0.6) is 11.5 Å². The number of nitrogens with zero attached hydrogens (tertiary/aromatic N) is 1. The number of carbonyl (C=O) groups excluding carboxylic acids is 2. The minimum Gasteiger partial charge on any atom is -0.454 e. The van der Waals surface area contributed by atoms with Crippen molar-refractivity contribution in [2.24, 2.45) is 0 Å². The van der Waals surface area contributed by atoms with E-state index >= 15 is 0 Å². The molecule has 0 aromatic heterocycles. The standard InChI is InChI=1S/C22H24N2O7S/c1-15(21(25)23-17-7-10-19-20(13-17)30-14-29-19)31-22(26)16-5-8-18(9-6-16)32(27,28)24-11-3-2-4-12-24/h5-10,13,15H,2-4,11-12,14H2,1H3,(H,23,25)/t15-/m1/s1. The molecule has 32 heavy (non-hydrogen) atoms. The fourth-order valence-electron chi connectivity index (χ4n) is 3.52. The zero-order valence-corrected chi connectivity index (χ0v) is 18.4. The number of ether oxygens (including phenoxy) is 3. The van der Waals surface area contributed by atoms with E-state index in [0.717, 1.165) is 19.3 Å². The molecule has 2 heterocycles. The van der Waals surface area contributed by atoms with Crippen molar-refractivity contribution in [3.63, 3.8) is 0 Å². The van der Waals surface area contributed by atoms with Crippen LogP contribution in [0.3, 0.4) is 0 Å². The molecule has 2 aliphatic heterocycles. The molecule has 1 atom stereocenters. The average molecular weight is 461 g/mol. The Morgan fingerprint density at radius 1 is 1.00 bits per heavy atom. The number of amides is 1. The molecule has 1 saturated heterocycles. The Labute approximate surface area is 186 Å². The zero-order valence-electron chi connectivity index (χ0n) is 17.6. The van der Waals surface area contributed by atoms with Crippen LogP contribution < -0.4 is 14.8 Å². The Hall–Kier alpha value is -3.11. The van der Waals surface area contributed by atoms with Gasteiger partial charge in [0, 0.05) is 24.8 Å². The summed E-state index contributed by atoms with van der Waals surface area (Å²) in [4.78, 5) is 25.0. The molecule has 0 bridgehead atoms. The van der Waals surface area contributed by atoms with Crippen molar-refractivity contribution >= 4 is 27.6 Å². The predicted octanol–water partition coefficient (Wildman–Crippen LogP) is 2.77. The van der Waals surface area contributed by atoms with Crippen LogP contribution in [-0.2, 0) is 19.6 Å². The first-order chi connectivity index (χ1) is 15.3. The maximum Gasteiger partial charge on any atom is 0.338 e. The molecule has 170 valence electrons. The molecule has 0 unspecified atom stereocenters. The number of benzene rings is 2. The monoisotopic (exact) mass is 460 g/mol. The van der Waals surface area contributed by atoms with Gasteiger partial charge in [-0.05, 0) is 56.2 Å². The minimum atomic E-state index is -3.58. The van der Waals surface area contributed by atoms with E-state index in [-0.39, 0.29) is 17.3 Å². The van der Waals surface area contributed by atoms with E-state index in [1.165, 1.54) is 35.5 Å². The fourth-order valence-corrected chi connectivity index (χ4v) is 5.03. The normalized spacial score (nSPS) is 16.9. The molecule has 2 aromatic rings. The number of hydrogen-bond acceptors (Lipinski definition) is 7. The van der Waals surface area contributed by atoms with Crippen molar-refractivity contribution in [3.05, 3.63) is 48.0 Å². The van der Waals surface area contributed by atoms with Gasteiger partial charge in [-0.2, -0.15) is 4.31 Å².